The predicted octanol–water partition coefficient (Wildman–Crippen LogP) is 3.19. The minimum Gasteiger partial charge on any atom is -0.268 e. The van der Waals surface area contributed by atoms with Crippen LogP contribution in [0.1, 0.15) is 42.6 Å². The molecule has 0 radical (unpaired) electrons. The van der Waals surface area contributed by atoms with E-state index in [0.717, 1.165) is 37.8 Å². The second-order valence-electron chi connectivity index (χ2n) is 5.10. The van der Waals surface area contributed by atoms with Gasteiger partial charge in [-0.15, -0.1) is 0 Å². The van der Waals surface area contributed by atoms with Crippen LogP contribution in [0.5, 0.6) is 0 Å². The first-order valence-electron chi connectivity index (χ1n) is 6.21. The van der Waals surface area contributed by atoms with Gasteiger partial charge >= 0.3 is 6.18 Å². The van der Waals surface area contributed by atoms with Gasteiger partial charge < -0.3 is 0 Å². The van der Waals surface area contributed by atoms with Crippen molar-refractivity contribution in [1.29, 1.82) is 0 Å². The van der Waals surface area contributed by atoms with E-state index in [9.17, 15) is 13.2 Å². The maximum Gasteiger partial charge on any atom is 0.435 e. The molecule has 1 fully saturated rings. The minimum atomic E-state index is -4.30. The number of fused-ring (bicyclic) bond motifs is 1. The summed E-state index contributed by atoms with van der Waals surface area (Å²) >= 11 is 0. The number of alkyl halides is 3. The quantitative estimate of drug-likeness (QED) is 0.781. The fraction of sp³-hybridized carbons (Fsp3) is 0.750. The molecule has 0 atom stereocenters. The molecular formula is C12H15F3N2. The molecule has 1 saturated carbocycles. The fourth-order valence-corrected chi connectivity index (χ4v) is 2.59. The Kier molecular flexibility index (Phi) is 2.45. The van der Waals surface area contributed by atoms with Crippen molar-refractivity contribution in [2.45, 2.75) is 51.2 Å². The van der Waals surface area contributed by atoms with Gasteiger partial charge in [-0.05, 0) is 44.4 Å². The molecule has 0 amide bonds. The van der Waals surface area contributed by atoms with Crippen LogP contribution in [0.2, 0.25) is 0 Å². The third-order valence-electron chi connectivity index (χ3n) is 3.65. The average Bonchev–Trinajstić information content (AvgIpc) is 2.99. The van der Waals surface area contributed by atoms with Crippen LogP contribution < -0.4 is 0 Å². The van der Waals surface area contributed by atoms with E-state index in [1.165, 1.54) is 0 Å². The topological polar surface area (TPSA) is 17.8 Å². The van der Waals surface area contributed by atoms with Gasteiger partial charge in [0.05, 0.1) is 0 Å². The van der Waals surface area contributed by atoms with E-state index in [-0.39, 0.29) is 0 Å². The molecule has 94 valence electrons. The molecule has 0 bridgehead atoms. The Balaban J connectivity index is 2.00. The lowest BCUT2D eigenvalue weighted by Crippen LogP contribution is -2.11. The van der Waals surface area contributed by atoms with Gasteiger partial charge in [0.15, 0.2) is 5.69 Å². The van der Waals surface area contributed by atoms with Gasteiger partial charge in [0.2, 0.25) is 0 Å². The Morgan fingerprint density at radius 1 is 1.18 bits per heavy atom. The maximum absolute atomic E-state index is 12.9. The SMILES string of the molecule is FC(F)(F)c1nn(CC2CC2)c2c1CCCC2. The fourth-order valence-electron chi connectivity index (χ4n) is 2.59. The van der Waals surface area contributed by atoms with Crippen LogP contribution in [-0.4, -0.2) is 9.78 Å². The summed E-state index contributed by atoms with van der Waals surface area (Å²) in [6.45, 7) is 0.679. The molecule has 0 N–H and O–H groups in total. The van der Waals surface area contributed by atoms with Crippen LogP contribution in [0.15, 0.2) is 0 Å². The van der Waals surface area contributed by atoms with E-state index in [2.05, 4.69) is 5.10 Å². The van der Waals surface area contributed by atoms with Crippen LogP contribution in [-0.2, 0) is 25.6 Å². The molecule has 0 aromatic carbocycles. The molecule has 1 heterocycles. The average molecular weight is 244 g/mol. The first-order chi connectivity index (χ1) is 8.05. The van der Waals surface area contributed by atoms with E-state index >= 15 is 0 Å². The van der Waals surface area contributed by atoms with Crippen LogP contribution in [0.3, 0.4) is 0 Å². The highest BCUT2D eigenvalue weighted by molar-refractivity contribution is 5.30. The molecule has 1 aromatic heterocycles. The summed E-state index contributed by atoms with van der Waals surface area (Å²) < 4.78 is 40.2. The Labute approximate surface area is 97.8 Å². The normalized spacial score (nSPS) is 20.4. The monoisotopic (exact) mass is 244 g/mol. The Bertz CT molecular complexity index is 430. The summed E-state index contributed by atoms with van der Waals surface area (Å²) in [7, 11) is 0. The first-order valence-corrected chi connectivity index (χ1v) is 6.21. The third kappa shape index (κ3) is 2.07. The summed E-state index contributed by atoms with van der Waals surface area (Å²) in [4.78, 5) is 0. The summed E-state index contributed by atoms with van der Waals surface area (Å²) in [5, 5.41) is 3.83. The third-order valence-corrected chi connectivity index (χ3v) is 3.65. The van der Waals surface area contributed by atoms with Crippen LogP contribution in [0.4, 0.5) is 13.2 Å². The van der Waals surface area contributed by atoms with Crippen molar-refractivity contribution in [3.05, 3.63) is 17.0 Å². The second-order valence-corrected chi connectivity index (χ2v) is 5.10. The number of rotatable bonds is 2. The zero-order chi connectivity index (χ0) is 12.0. The van der Waals surface area contributed by atoms with Crippen molar-refractivity contribution in [2.75, 3.05) is 0 Å². The molecule has 0 unspecified atom stereocenters. The lowest BCUT2D eigenvalue weighted by Gasteiger charge is -2.14. The van der Waals surface area contributed by atoms with Gasteiger partial charge in [-0.2, -0.15) is 18.3 Å². The minimum absolute atomic E-state index is 0.462. The molecule has 2 aliphatic rings. The summed E-state index contributed by atoms with van der Waals surface area (Å²) in [6.07, 6.45) is 1.11. The van der Waals surface area contributed by atoms with Gasteiger partial charge in [0, 0.05) is 17.8 Å². The number of aromatic nitrogens is 2. The van der Waals surface area contributed by atoms with E-state index in [0.29, 0.717) is 24.4 Å². The van der Waals surface area contributed by atoms with Crippen molar-refractivity contribution in [2.24, 2.45) is 5.92 Å². The van der Waals surface area contributed by atoms with Crippen molar-refractivity contribution < 1.29 is 13.2 Å². The number of nitrogens with zero attached hydrogens (tertiary/aromatic N) is 2. The molecule has 2 nitrogen and oxygen atoms in total. The van der Waals surface area contributed by atoms with Crippen molar-refractivity contribution >= 4 is 0 Å². The molecule has 5 heteroatoms. The van der Waals surface area contributed by atoms with E-state index in [1.54, 1.807) is 4.68 Å². The van der Waals surface area contributed by atoms with Crippen molar-refractivity contribution in [3.63, 3.8) is 0 Å². The zero-order valence-electron chi connectivity index (χ0n) is 9.56. The highest BCUT2D eigenvalue weighted by Gasteiger charge is 2.40. The predicted molar refractivity (Wildman–Crippen MR) is 56.6 cm³/mol. The number of halogens is 3. The number of hydrogen-bond donors (Lipinski definition) is 0. The van der Waals surface area contributed by atoms with Gasteiger partial charge in [0.1, 0.15) is 0 Å². The lowest BCUT2D eigenvalue weighted by atomic mass is 9.95. The van der Waals surface area contributed by atoms with Gasteiger partial charge in [0.25, 0.3) is 0 Å². The maximum atomic E-state index is 12.9. The highest BCUT2D eigenvalue weighted by Crippen LogP contribution is 2.37. The lowest BCUT2D eigenvalue weighted by molar-refractivity contribution is -0.142. The molecule has 3 rings (SSSR count). The van der Waals surface area contributed by atoms with Crippen molar-refractivity contribution in [1.82, 2.24) is 9.78 Å². The summed E-state index contributed by atoms with van der Waals surface area (Å²) in [5.74, 6) is 0.557. The van der Waals surface area contributed by atoms with E-state index in [4.69, 9.17) is 0 Å². The van der Waals surface area contributed by atoms with E-state index in [1.807, 2.05) is 0 Å². The Morgan fingerprint density at radius 2 is 1.88 bits per heavy atom. The van der Waals surface area contributed by atoms with Crippen molar-refractivity contribution in [3.8, 4) is 0 Å². The van der Waals surface area contributed by atoms with Gasteiger partial charge in [-0.25, -0.2) is 0 Å². The molecule has 0 aliphatic heterocycles. The standard InChI is InChI=1S/C12H15F3N2/c13-12(14,15)11-9-3-1-2-4-10(9)17(16-11)7-8-5-6-8/h8H,1-7H2. The molecule has 0 spiro atoms. The molecule has 2 aliphatic carbocycles. The van der Waals surface area contributed by atoms with Crippen LogP contribution >= 0.6 is 0 Å². The summed E-state index contributed by atoms with van der Waals surface area (Å²) in [5.41, 5.74) is 0.674. The molecule has 17 heavy (non-hydrogen) atoms. The smallest absolute Gasteiger partial charge is 0.268 e. The first kappa shape index (κ1) is 11.1. The molecule has 0 saturated heterocycles. The van der Waals surface area contributed by atoms with Gasteiger partial charge in [-0.3, -0.25) is 4.68 Å². The zero-order valence-corrected chi connectivity index (χ0v) is 9.56. The Hall–Kier alpha value is -1.00. The van der Waals surface area contributed by atoms with Gasteiger partial charge in [-0.1, -0.05) is 0 Å². The second kappa shape index (κ2) is 3.75. The summed E-state index contributed by atoms with van der Waals surface area (Å²) in [6, 6.07) is 0. The van der Waals surface area contributed by atoms with Crippen LogP contribution in [0.25, 0.3) is 0 Å². The van der Waals surface area contributed by atoms with Crippen LogP contribution in [0, 0.1) is 5.92 Å². The largest absolute Gasteiger partial charge is 0.435 e. The van der Waals surface area contributed by atoms with E-state index < -0.39 is 11.9 Å². The highest BCUT2D eigenvalue weighted by atomic mass is 19.4. The number of hydrogen-bond acceptors (Lipinski definition) is 1. The molecular weight excluding hydrogens is 229 g/mol. The Morgan fingerprint density at radius 3 is 2.53 bits per heavy atom. The molecule has 1 aromatic rings.